The van der Waals surface area contributed by atoms with Crippen LogP contribution in [0.2, 0.25) is 0 Å². The Morgan fingerprint density at radius 1 is 1.33 bits per heavy atom. The summed E-state index contributed by atoms with van der Waals surface area (Å²) < 4.78 is 0. The molecule has 90 valence electrons. The van der Waals surface area contributed by atoms with Crippen molar-refractivity contribution in [3.8, 4) is 0 Å². The van der Waals surface area contributed by atoms with Crippen molar-refractivity contribution < 1.29 is 5.11 Å². The number of hydrogen-bond donors (Lipinski definition) is 2. The first-order valence-electron chi connectivity index (χ1n) is 6.21. The molecule has 1 aliphatic carbocycles. The molecule has 1 aliphatic rings. The maximum atomic E-state index is 9.27. The Morgan fingerprint density at radius 2 is 1.93 bits per heavy atom. The van der Waals surface area contributed by atoms with Crippen LogP contribution in [-0.2, 0) is 0 Å². The number of rotatable bonds is 5. The Balaban J connectivity index is 2.34. The number of hydrogen-bond acceptors (Lipinski definition) is 3. The van der Waals surface area contributed by atoms with Gasteiger partial charge in [-0.25, -0.2) is 0 Å². The van der Waals surface area contributed by atoms with Gasteiger partial charge < -0.3 is 10.8 Å². The summed E-state index contributed by atoms with van der Waals surface area (Å²) in [7, 11) is 2.08. The molecule has 0 amide bonds. The van der Waals surface area contributed by atoms with Crippen molar-refractivity contribution in [2.75, 3.05) is 20.2 Å². The highest BCUT2D eigenvalue weighted by atomic mass is 16.3. The van der Waals surface area contributed by atoms with Crippen LogP contribution in [0.25, 0.3) is 0 Å². The molecule has 0 bridgehead atoms. The van der Waals surface area contributed by atoms with Gasteiger partial charge in [-0.1, -0.05) is 19.3 Å². The molecule has 0 saturated heterocycles. The molecule has 0 aliphatic heterocycles. The lowest BCUT2D eigenvalue weighted by atomic mass is 9.88. The van der Waals surface area contributed by atoms with Gasteiger partial charge in [-0.05, 0) is 32.7 Å². The molecule has 2 atom stereocenters. The van der Waals surface area contributed by atoms with Gasteiger partial charge in [-0.15, -0.1) is 0 Å². The Morgan fingerprint density at radius 3 is 2.40 bits per heavy atom. The normalized spacial score (nSPS) is 23.0. The molecule has 0 aromatic rings. The van der Waals surface area contributed by atoms with Crippen molar-refractivity contribution in [3.63, 3.8) is 0 Å². The predicted molar refractivity (Wildman–Crippen MR) is 63.7 cm³/mol. The second-order valence-corrected chi connectivity index (χ2v) is 5.05. The lowest BCUT2D eigenvalue weighted by Gasteiger charge is -2.33. The smallest absolute Gasteiger partial charge is 0.0601 e. The molecule has 3 nitrogen and oxygen atoms in total. The summed E-state index contributed by atoms with van der Waals surface area (Å²) in [6, 6.07) is 0.163. The Hall–Kier alpha value is -0.120. The number of aliphatic hydroxyl groups is 1. The summed E-state index contributed by atoms with van der Waals surface area (Å²) >= 11 is 0. The first-order chi connectivity index (χ1) is 7.15. The Labute approximate surface area is 93.6 Å². The van der Waals surface area contributed by atoms with Gasteiger partial charge in [0.2, 0.25) is 0 Å². The average molecular weight is 214 g/mol. The van der Waals surface area contributed by atoms with Crippen LogP contribution in [0.1, 0.15) is 39.0 Å². The lowest BCUT2D eigenvalue weighted by Crippen LogP contribution is -2.48. The molecule has 0 radical (unpaired) electrons. The van der Waals surface area contributed by atoms with E-state index in [0.717, 1.165) is 12.5 Å². The van der Waals surface area contributed by atoms with E-state index in [-0.39, 0.29) is 18.7 Å². The second-order valence-electron chi connectivity index (χ2n) is 5.05. The van der Waals surface area contributed by atoms with Crippen LogP contribution < -0.4 is 5.73 Å². The Bertz CT molecular complexity index is 167. The molecule has 0 aromatic carbocycles. The molecule has 2 unspecified atom stereocenters. The molecule has 3 heteroatoms. The van der Waals surface area contributed by atoms with E-state index in [4.69, 9.17) is 5.73 Å². The van der Waals surface area contributed by atoms with Crippen molar-refractivity contribution >= 4 is 0 Å². The van der Waals surface area contributed by atoms with Crippen LogP contribution in [0.4, 0.5) is 0 Å². The molecule has 1 fully saturated rings. The highest BCUT2D eigenvalue weighted by Crippen LogP contribution is 2.24. The minimum absolute atomic E-state index is 0.0450. The third kappa shape index (κ3) is 4.09. The van der Waals surface area contributed by atoms with Crippen LogP contribution >= 0.6 is 0 Å². The lowest BCUT2D eigenvalue weighted by molar-refractivity contribution is 0.108. The molecule has 3 N–H and O–H groups in total. The topological polar surface area (TPSA) is 49.5 Å². The summed E-state index contributed by atoms with van der Waals surface area (Å²) in [5.41, 5.74) is 5.85. The fraction of sp³-hybridized carbons (Fsp3) is 1.00. The SMILES string of the molecule is CC(N)C(CO)N(C)CC1CCCCC1. The zero-order valence-corrected chi connectivity index (χ0v) is 10.2. The molecular formula is C12H26N2O. The van der Waals surface area contributed by atoms with E-state index in [9.17, 15) is 5.11 Å². The van der Waals surface area contributed by atoms with Crippen LogP contribution in [0.5, 0.6) is 0 Å². The van der Waals surface area contributed by atoms with Crippen molar-refractivity contribution in [2.24, 2.45) is 11.7 Å². The third-order valence-electron chi connectivity index (χ3n) is 3.63. The number of nitrogens with zero attached hydrogens (tertiary/aromatic N) is 1. The minimum Gasteiger partial charge on any atom is -0.395 e. The quantitative estimate of drug-likeness (QED) is 0.723. The van der Waals surface area contributed by atoms with Crippen LogP contribution in [0.3, 0.4) is 0 Å². The van der Waals surface area contributed by atoms with Gasteiger partial charge in [-0.2, -0.15) is 0 Å². The molecule has 15 heavy (non-hydrogen) atoms. The molecular weight excluding hydrogens is 188 g/mol. The van der Waals surface area contributed by atoms with E-state index < -0.39 is 0 Å². The predicted octanol–water partition coefficient (Wildman–Crippen LogP) is 1.21. The van der Waals surface area contributed by atoms with Crippen LogP contribution in [0.15, 0.2) is 0 Å². The number of likely N-dealkylation sites (N-methyl/N-ethyl adjacent to an activating group) is 1. The maximum Gasteiger partial charge on any atom is 0.0601 e. The summed E-state index contributed by atoms with van der Waals surface area (Å²) in [6.45, 7) is 3.23. The average Bonchev–Trinajstić information content (AvgIpc) is 2.19. The number of aliphatic hydroxyl groups excluding tert-OH is 1. The van der Waals surface area contributed by atoms with Crippen molar-refractivity contribution in [2.45, 2.75) is 51.1 Å². The zero-order chi connectivity index (χ0) is 11.3. The first kappa shape index (κ1) is 12.9. The van der Waals surface area contributed by atoms with Gasteiger partial charge in [-0.3, -0.25) is 4.90 Å². The molecule has 1 rings (SSSR count). The summed E-state index contributed by atoms with van der Waals surface area (Å²) in [6.07, 6.45) is 6.85. The summed E-state index contributed by atoms with van der Waals surface area (Å²) in [5, 5.41) is 9.27. The van der Waals surface area contributed by atoms with Gasteiger partial charge >= 0.3 is 0 Å². The van der Waals surface area contributed by atoms with Crippen LogP contribution in [-0.4, -0.2) is 42.3 Å². The van der Waals surface area contributed by atoms with Gasteiger partial charge in [0.1, 0.15) is 0 Å². The van der Waals surface area contributed by atoms with Gasteiger partial charge in [0, 0.05) is 18.6 Å². The largest absolute Gasteiger partial charge is 0.395 e. The van der Waals surface area contributed by atoms with E-state index in [1.807, 2.05) is 6.92 Å². The number of nitrogens with two attached hydrogens (primary N) is 1. The minimum atomic E-state index is 0.0450. The van der Waals surface area contributed by atoms with Gasteiger partial charge in [0.15, 0.2) is 0 Å². The molecule has 0 heterocycles. The van der Waals surface area contributed by atoms with E-state index in [0.29, 0.717) is 0 Å². The van der Waals surface area contributed by atoms with Gasteiger partial charge in [0.05, 0.1) is 6.61 Å². The van der Waals surface area contributed by atoms with Crippen molar-refractivity contribution in [3.05, 3.63) is 0 Å². The highest BCUT2D eigenvalue weighted by molar-refractivity contribution is 4.79. The van der Waals surface area contributed by atoms with E-state index >= 15 is 0 Å². The fourth-order valence-electron chi connectivity index (χ4n) is 2.62. The highest BCUT2D eigenvalue weighted by Gasteiger charge is 2.22. The third-order valence-corrected chi connectivity index (χ3v) is 3.63. The monoisotopic (exact) mass is 214 g/mol. The first-order valence-corrected chi connectivity index (χ1v) is 6.21. The fourth-order valence-corrected chi connectivity index (χ4v) is 2.62. The second kappa shape index (κ2) is 6.46. The molecule has 0 aromatic heterocycles. The van der Waals surface area contributed by atoms with Gasteiger partial charge in [0.25, 0.3) is 0 Å². The summed E-state index contributed by atoms with van der Waals surface area (Å²) in [4.78, 5) is 2.24. The van der Waals surface area contributed by atoms with Crippen LogP contribution in [0, 0.1) is 5.92 Å². The maximum absolute atomic E-state index is 9.27. The van der Waals surface area contributed by atoms with Crippen molar-refractivity contribution in [1.29, 1.82) is 0 Å². The van der Waals surface area contributed by atoms with E-state index in [2.05, 4.69) is 11.9 Å². The Kier molecular flexibility index (Phi) is 5.58. The van der Waals surface area contributed by atoms with Crippen molar-refractivity contribution in [1.82, 2.24) is 4.90 Å². The van der Waals surface area contributed by atoms with E-state index in [1.54, 1.807) is 0 Å². The standard InChI is InChI=1S/C12H26N2O/c1-10(13)12(9-15)14(2)8-11-6-4-3-5-7-11/h10-12,15H,3-9,13H2,1-2H3. The van der Waals surface area contributed by atoms with E-state index in [1.165, 1.54) is 32.1 Å². The molecule has 1 saturated carbocycles. The zero-order valence-electron chi connectivity index (χ0n) is 10.2. The molecule has 0 spiro atoms. The summed E-state index contributed by atoms with van der Waals surface area (Å²) in [5.74, 6) is 0.816.